The van der Waals surface area contributed by atoms with Gasteiger partial charge in [0, 0.05) is 32.0 Å². The first kappa shape index (κ1) is 20.6. The quantitative estimate of drug-likeness (QED) is 0.547. The average Bonchev–Trinajstić information content (AvgIpc) is 3.48. The van der Waals surface area contributed by atoms with Crippen LogP contribution >= 0.6 is 0 Å². The highest BCUT2D eigenvalue weighted by Gasteiger charge is 2.49. The molecule has 27 heavy (non-hydrogen) atoms. The van der Waals surface area contributed by atoms with Gasteiger partial charge in [0.1, 0.15) is 0 Å². The summed E-state index contributed by atoms with van der Waals surface area (Å²) < 4.78 is 0. The van der Waals surface area contributed by atoms with Gasteiger partial charge in [-0.25, -0.2) is 0 Å². The standard InChI is InChI=1S/C20H36N4O3/c1-13-12-23(20(27)15-3-4-15)19-9-16(17(10-21)11-22-7-8-25)5-6-18(19)24(13)14(2)26/h13,15-19,22,25H,3-12,21H2,1-2H3/t13-,16?,17?,18?,19?/m0/s1. The molecule has 0 aromatic heterocycles. The summed E-state index contributed by atoms with van der Waals surface area (Å²) in [5.74, 6) is 1.40. The van der Waals surface area contributed by atoms with Gasteiger partial charge in [0.05, 0.1) is 18.7 Å². The topological polar surface area (TPSA) is 98.9 Å². The summed E-state index contributed by atoms with van der Waals surface area (Å²) >= 11 is 0. The SMILES string of the molecule is CC(=O)N1C2CCC(C(CN)CNCCO)CC2N(C(=O)C2CC2)C[C@@H]1C. The van der Waals surface area contributed by atoms with Crippen molar-refractivity contribution in [3.8, 4) is 0 Å². The lowest BCUT2D eigenvalue weighted by atomic mass is 9.73. The van der Waals surface area contributed by atoms with Crippen LogP contribution in [0.1, 0.15) is 46.0 Å². The Balaban J connectivity index is 1.75. The fourth-order valence-electron chi connectivity index (χ4n) is 5.26. The average molecular weight is 381 g/mol. The number of nitrogens with two attached hydrogens (primary N) is 1. The largest absolute Gasteiger partial charge is 0.395 e. The summed E-state index contributed by atoms with van der Waals surface area (Å²) in [6, 6.07) is 0.331. The molecule has 4 N–H and O–H groups in total. The van der Waals surface area contributed by atoms with Gasteiger partial charge >= 0.3 is 0 Å². The van der Waals surface area contributed by atoms with Crippen LogP contribution in [0.2, 0.25) is 0 Å². The molecule has 1 heterocycles. The molecule has 2 amide bonds. The van der Waals surface area contributed by atoms with E-state index in [0.29, 0.717) is 37.4 Å². The van der Waals surface area contributed by atoms with E-state index in [-0.39, 0.29) is 36.6 Å². The second-order valence-electron chi connectivity index (χ2n) is 8.67. The summed E-state index contributed by atoms with van der Waals surface area (Å²) in [5.41, 5.74) is 6.06. The van der Waals surface area contributed by atoms with Crippen LogP contribution in [-0.4, -0.2) is 77.6 Å². The third kappa shape index (κ3) is 4.46. The van der Waals surface area contributed by atoms with Crippen molar-refractivity contribution in [1.82, 2.24) is 15.1 Å². The molecule has 5 atom stereocenters. The minimum atomic E-state index is 0.0829. The molecule has 1 aliphatic heterocycles. The fourth-order valence-corrected chi connectivity index (χ4v) is 5.26. The molecule has 3 aliphatic rings. The molecule has 154 valence electrons. The van der Waals surface area contributed by atoms with Gasteiger partial charge in [-0.1, -0.05) is 0 Å². The van der Waals surface area contributed by atoms with Crippen molar-refractivity contribution in [3.05, 3.63) is 0 Å². The Hall–Kier alpha value is -1.18. The van der Waals surface area contributed by atoms with E-state index in [1.165, 1.54) is 0 Å². The van der Waals surface area contributed by atoms with Gasteiger partial charge in [0.2, 0.25) is 11.8 Å². The Labute approximate surface area is 162 Å². The van der Waals surface area contributed by atoms with Crippen molar-refractivity contribution < 1.29 is 14.7 Å². The monoisotopic (exact) mass is 380 g/mol. The van der Waals surface area contributed by atoms with Crippen LogP contribution in [0.5, 0.6) is 0 Å². The number of aliphatic hydroxyl groups excluding tert-OH is 1. The molecule has 4 unspecified atom stereocenters. The van der Waals surface area contributed by atoms with Gasteiger partial charge in [0.25, 0.3) is 0 Å². The Bertz CT molecular complexity index is 539. The van der Waals surface area contributed by atoms with E-state index in [2.05, 4.69) is 17.1 Å². The molecule has 2 aliphatic carbocycles. The number of hydrogen-bond acceptors (Lipinski definition) is 5. The van der Waals surface area contributed by atoms with Crippen LogP contribution in [0.4, 0.5) is 0 Å². The number of hydrogen-bond donors (Lipinski definition) is 3. The molecule has 3 fully saturated rings. The normalized spacial score (nSPS) is 32.1. The maximum Gasteiger partial charge on any atom is 0.226 e. The third-order valence-electron chi connectivity index (χ3n) is 6.75. The predicted molar refractivity (Wildman–Crippen MR) is 104 cm³/mol. The first-order chi connectivity index (χ1) is 13.0. The van der Waals surface area contributed by atoms with E-state index in [1.54, 1.807) is 6.92 Å². The second-order valence-corrected chi connectivity index (χ2v) is 8.67. The summed E-state index contributed by atoms with van der Waals surface area (Å²) in [7, 11) is 0. The lowest BCUT2D eigenvalue weighted by Gasteiger charge is -2.54. The number of nitrogens with one attached hydrogen (secondary N) is 1. The highest BCUT2D eigenvalue weighted by atomic mass is 16.3. The summed E-state index contributed by atoms with van der Waals surface area (Å²) in [5, 5.41) is 12.3. The molecule has 0 spiro atoms. The van der Waals surface area contributed by atoms with Crippen LogP contribution in [0, 0.1) is 17.8 Å². The maximum atomic E-state index is 13.0. The molecule has 7 nitrogen and oxygen atoms in total. The van der Waals surface area contributed by atoms with Gasteiger partial charge in [-0.2, -0.15) is 0 Å². The molecule has 0 radical (unpaired) electrons. The van der Waals surface area contributed by atoms with Crippen LogP contribution < -0.4 is 11.1 Å². The maximum absolute atomic E-state index is 13.0. The first-order valence-electron chi connectivity index (χ1n) is 10.6. The molecule has 1 saturated heterocycles. The van der Waals surface area contributed by atoms with Crippen molar-refractivity contribution in [3.63, 3.8) is 0 Å². The van der Waals surface area contributed by atoms with Crippen molar-refractivity contribution in [2.75, 3.05) is 32.8 Å². The van der Waals surface area contributed by atoms with Gasteiger partial charge in [-0.3, -0.25) is 9.59 Å². The van der Waals surface area contributed by atoms with Crippen LogP contribution in [0.15, 0.2) is 0 Å². The Morgan fingerprint density at radius 3 is 2.56 bits per heavy atom. The van der Waals surface area contributed by atoms with E-state index in [4.69, 9.17) is 10.8 Å². The predicted octanol–water partition coefficient (Wildman–Crippen LogP) is 0.170. The first-order valence-corrected chi connectivity index (χ1v) is 10.6. The van der Waals surface area contributed by atoms with Gasteiger partial charge in [-0.05, 0) is 64.0 Å². The van der Waals surface area contributed by atoms with Crippen LogP contribution in [0.25, 0.3) is 0 Å². The van der Waals surface area contributed by atoms with E-state index < -0.39 is 0 Å². The lowest BCUT2D eigenvalue weighted by Crippen LogP contribution is -2.67. The number of aliphatic hydroxyl groups is 1. The zero-order valence-electron chi connectivity index (χ0n) is 16.8. The number of rotatable bonds is 7. The Morgan fingerprint density at radius 1 is 1.22 bits per heavy atom. The van der Waals surface area contributed by atoms with E-state index in [9.17, 15) is 9.59 Å². The molecule has 2 saturated carbocycles. The molecule has 0 aromatic rings. The zero-order chi connectivity index (χ0) is 19.6. The van der Waals surface area contributed by atoms with E-state index in [0.717, 1.165) is 38.6 Å². The number of piperazine rings is 1. The summed E-state index contributed by atoms with van der Waals surface area (Å²) in [4.78, 5) is 29.4. The zero-order valence-corrected chi connectivity index (χ0v) is 16.8. The van der Waals surface area contributed by atoms with Crippen molar-refractivity contribution >= 4 is 11.8 Å². The molecule has 0 aromatic carbocycles. The number of carbonyl (C=O) groups excluding carboxylic acids is 2. The summed E-state index contributed by atoms with van der Waals surface area (Å²) in [6.45, 7) is 6.47. The molecular weight excluding hydrogens is 344 g/mol. The number of amides is 2. The minimum absolute atomic E-state index is 0.0829. The van der Waals surface area contributed by atoms with Crippen molar-refractivity contribution in [2.24, 2.45) is 23.5 Å². The van der Waals surface area contributed by atoms with Gasteiger partial charge < -0.3 is 26.0 Å². The smallest absolute Gasteiger partial charge is 0.226 e. The molecule has 7 heteroatoms. The third-order valence-corrected chi connectivity index (χ3v) is 6.75. The number of carbonyl (C=O) groups is 2. The minimum Gasteiger partial charge on any atom is -0.395 e. The second kappa shape index (κ2) is 8.88. The fraction of sp³-hybridized carbons (Fsp3) is 0.900. The molecule has 3 rings (SSSR count). The Kier molecular flexibility index (Phi) is 6.76. The number of fused-ring (bicyclic) bond motifs is 1. The van der Waals surface area contributed by atoms with E-state index >= 15 is 0 Å². The highest BCUT2D eigenvalue weighted by Crippen LogP contribution is 2.41. The lowest BCUT2D eigenvalue weighted by molar-refractivity contribution is -0.155. The molecule has 0 bridgehead atoms. The summed E-state index contributed by atoms with van der Waals surface area (Å²) in [6.07, 6.45) is 4.91. The van der Waals surface area contributed by atoms with Gasteiger partial charge in [-0.15, -0.1) is 0 Å². The number of nitrogens with zero attached hydrogens (tertiary/aromatic N) is 2. The Morgan fingerprint density at radius 2 is 1.96 bits per heavy atom. The van der Waals surface area contributed by atoms with Crippen LogP contribution in [-0.2, 0) is 9.59 Å². The van der Waals surface area contributed by atoms with Crippen molar-refractivity contribution in [1.29, 1.82) is 0 Å². The van der Waals surface area contributed by atoms with Gasteiger partial charge in [0.15, 0.2) is 0 Å². The highest BCUT2D eigenvalue weighted by molar-refractivity contribution is 5.82. The van der Waals surface area contributed by atoms with Crippen LogP contribution in [0.3, 0.4) is 0 Å². The van der Waals surface area contributed by atoms with E-state index in [1.807, 2.05) is 4.90 Å². The van der Waals surface area contributed by atoms with Crippen molar-refractivity contribution in [2.45, 2.75) is 64.1 Å². The molecular formula is C20H36N4O3.